The van der Waals surface area contributed by atoms with Crippen molar-refractivity contribution in [2.75, 3.05) is 0 Å². The molecule has 20 heavy (non-hydrogen) atoms. The minimum absolute atomic E-state index is 0.479. The van der Waals surface area contributed by atoms with E-state index in [0.717, 1.165) is 36.1 Å². The number of hydrogen-bond acceptors (Lipinski definition) is 5. The highest BCUT2D eigenvalue weighted by molar-refractivity contribution is 5.91. The Balaban J connectivity index is 2.19. The first kappa shape index (κ1) is 12.6. The SMILES string of the molecule is ONC=NC1=C(c2ncno2)CCCc2ccccc21. The third-order valence-electron chi connectivity index (χ3n) is 3.30. The molecule has 1 aliphatic carbocycles. The highest BCUT2D eigenvalue weighted by Crippen LogP contribution is 2.35. The van der Waals surface area contributed by atoms with Crippen LogP contribution in [0.4, 0.5) is 0 Å². The monoisotopic (exact) mass is 270 g/mol. The number of hydroxylamine groups is 1. The van der Waals surface area contributed by atoms with Gasteiger partial charge in [0, 0.05) is 11.1 Å². The molecule has 1 heterocycles. The standard InChI is InChI=1S/C14H14N4O2/c19-17-8-15-13-11-6-2-1-4-10(11)5-3-7-12(13)14-16-9-18-20-14/h1-2,4,6,8-9,19H,3,5,7H2,(H,15,17). The summed E-state index contributed by atoms with van der Waals surface area (Å²) < 4.78 is 5.18. The van der Waals surface area contributed by atoms with Gasteiger partial charge in [-0.2, -0.15) is 4.98 Å². The molecular formula is C14H14N4O2. The second-order valence-corrected chi connectivity index (χ2v) is 4.47. The van der Waals surface area contributed by atoms with E-state index in [1.165, 1.54) is 18.2 Å². The van der Waals surface area contributed by atoms with Gasteiger partial charge in [0.2, 0.25) is 0 Å². The summed E-state index contributed by atoms with van der Waals surface area (Å²) >= 11 is 0. The predicted octanol–water partition coefficient (Wildman–Crippen LogP) is 2.28. The van der Waals surface area contributed by atoms with E-state index in [1.807, 2.05) is 23.7 Å². The van der Waals surface area contributed by atoms with Gasteiger partial charge in [0.1, 0.15) is 6.34 Å². The molecule has 1 aromatic heterocycles. The molecule has 0 saturated heterocycles. The summed E-state index contributed by atoms with van der Waals surface area (Å²) in [7, 11) is 0. The molecule has 0 radical (unpaired) electrons. The van der Waals surface area contributed by atoms with E-state index < -0.39 is 0 Å². The van der Waals surface area contributed by atoms with E-state index in [9.17, 15) is 0 Å². The van der Waals surface area contributed by atoms with Crippen LogP contribution in [0.1, 0.15) is 29.9 Å². The molecule has 1 aliphatic rings. The van der Waals surface area contributed by atoms with Gasteiger partial charge in [-0.25, -0.2) is 4.99 Å². The van der Waals surface area contributed by atoms with Crippen LogP contribution in [-0.4, -0.2) is 21.7 Å². The van der Waals surface area contributed by atoms with Crippen LogP contribution in [0.5, 0.6) is 0 Å². The molecule has 6 heteroatoms. The third-order valence-corrected chi connectivity index (χ3v) is 3.30. The molecule has 0 bridgehead atoms. The summed E-state index contributed by atoms with van der Waals surface area (Å²) in [5, 5.41) is 12.4. The Hall–Kier alpha value is -2.47. The molecule has 0 unspecified atom stereocenters. The van der Waals surface area contributed by atoms with Crippen LogP contribution < -0.4 is 5.48 Å². The Morgan fingerprint density at radius 3 is 3.00 bits per heavy atom. The first-order valence-electron chi connectivity index (χ1n) is 6.41. The molecule has 1 aromatic carbocycles. The molecule has 0 amide bonds. The van der Waals surface area contributed by atoms with Crippen molar-refractivity contribution in [1.82, 2.24) is 15.6 Å². The van der Waals surface area contributed by atoms with Crippen LogP contribution in [-0.2, 0) is 6.42 Å². The summed E-state index contributed by atoms with van der Waals surface area (Å²) in [6.07, 6.45) is 5.38. The first-order chi connectivity index (χ1) is 9.90. The quantitative estimate of drug-likeness (QED) is 0.508. The fraction of sp³-hybridized carbons (Fsp3) is 0.214. The number of aryl methyl sites for hydroxylation is 1. The van der Waals surface area contributed by atoms with E-state index >= 15 is 0 Å². The molecule has 0 aliphatic heterocycles. The van der Waals surface area contributed by atoms with Crippen molar-refractivity contribution in [2.45, 2.75) is 19.3 Å². The molecule has 0 spiro atoms. The molecule has 102 valence electrons. The number of aromatic nitrogens is 2. The van der Waals surface area contributed by atoms with Crippen molar-refractivity contribution in [1.29, 1.82) is 0 Å². The zero-order valence-corrected chi connectivity index (χ0v) is 10.8. The van der Waals surface area contributed by atoms with Crippen molar-refractivity contribution < 1.29 is 9.73 Å². The number of rotatable bonds is 3. The smallest absolute Gasteiger partial charge is 0.255 e. The zero-order chi connectivity index (χ0) is 13.8. The summed E-state index contributed by atoms with van der Waals surface area (Å²) in [5.41, 5.74) is 5.86. The van der Waals surface area contributed by atoms with Crippen molar-refractivity contribution in [3.8, 4) is 0 Å². The predicted molar refractivity (Wildman–Crippen MR) is 73.9 cm³/mol. The largest absolute Gasteiger partial charge is 0.335 e. The number of aliphatic imine (C=N–C) groups is 1. The summed E-state index contributed by atoms with van der Waals surface area (Å²) in [5.74, 6) is 0.479. The van der Waals surface area contributed by atoms with Crippen LogP contribution >= 0.6 is 0 Å². The molecule has 0 fully saturated rings. The fourth-order valence-corrected chi connectivity index (χ4v) is 2.46. The van der Waals surface area contributed by atoms with Crippen LogP contribution in [0, 0.1) is 0 Å². The van der Waals surface area contributed by atoms with E-state index in [-0.39, 0.29) is 0 Å². The first-order valence-corrected chi connectivity index (χ1v) is 6.41. The van der Waals surface area contributed by atoms with Gasteiger partial charge in [-0.3, -0.25) is 10.7 Å². The topological polar surface area (TPSA) is 83.5 Å². The third kappa shape index (κ3) is 2.33. The Morgan fingerprint density at radius 1 is 1.30 bits per heavy atom. The summed E-state index contributed by atoms with van der Waals surface area (Å²) in [6, 6.07) is 8.09. The van der Waals surface area contributed by atoms with E-state index in [2.05, 4.69) is 21.2 Å². The minimum atomic E-state index is 0.479. The summed E-state index contributed by atoms with van der Waals surface area (Å²) in [6.45, 7) is 0. The lowest BCUT2D eigenvalue weighted by Crippen LogP contribution is -2.03. The second kappa shape index (κ2) is 5.66. The van der Waals surface area contributed by atoms with Crippen molar-refractivity contribution in [3.63, 3.8) is 0 Å². The molecule has 2 N–H and O–H groups in total. The maximum absolute atomic E-state index is 8.76. The Labute approximate surface area is 115 Å². The van der Waals surface area contributed by atoms with Crippen LogP contribution in [0.2, 0.25) is 0 Å². The lowest BCUT2D eigenvalue weighted by Gasteiger charge is -2.08. The Bertz CT molecular complexity index is 647. The van der Waals surface area contributed by atoms with Crippen LogP contribution in [0.25, 0.3) is 11.3 Å². The van der Waals surface area contributed by atoms with Gasteiger partial charge in [-0.05, 0) is 24.8 Å². The second-order valence-electron chi connectivity index (χ2n) is 4.47. The molecule has 2 aromatic rings. The number of benzene rings is 1. The zero-order valence-electron chi connectivity index (χ0n) is 10.8. The van der Waals surface area contributed by atoms with E-state index in [0.29, 0.717) is 5.89 Å². The van der Waals surface area contributed by atoms with Gasteiger partial charge in [-0.1, -0.05) is 29.4 Å². The maximum atomic E-state index is 8.76. The molecule has 6 nitrogen and oxygen atoms in total. The van der Waals surface area contributed by atoms with E-state index in [1.54, 1.807) is 0 Å². The highest BCUT2D eigenvalue weighted by Gasteiger charge is 2.20. The van der Waals surface area contributed by atoms with Crippen LogP contribution in [0.3, 0.4) is 0 Å². The average molecular weight is 270 g/mol. The average Bonchev–Trinajstić information content (AvgIpc) is 2.94. The van der Waals surface area contributed by atoms with Gasteiger partial charge >= 0.3 is 0 Å². The Kier molecular flexibility index (Phi) is 3.56. The fourth-order valence-electron chi connectivity index (χ4n) is 2.46. The number of nitrogens with one attached hydrogen (secondary N) is 1. The van der Waals surface area contributed by atoms with Gasteiger partial charge < -0.3 is 4.52 Å². The minimum Gasteiger partial charge on any atom is -0.335 e. The molecule has 0 atom stereocenters. The van der Waals surface area contributed by atoms with Gasteiger partial charge in [-0.15, -0.1) is 0 Å². The highest BCUT2D eigenvalue weighted by atomic mass is 16.5. The van der Waals surface area contributed by atoms with Gasteiger partial charge in [0.15, 0.2) is 6.33 Å². The van der Waals surface area contributed by atoms with E-state index in [4.69, 9.17) is 9.73 Å². The lowest BCUT2D eigenvalue weighted by molar-refractivity contribution is 0.240. The summed E-state index contributed by atoms with van der Waals surface area (Å²) in [4.78, 5) is 8.43. The van der Waals surface area contributed by atoms with Gasteiger partial charge in [0.25, 0.3) is 5.89 Å². The number of nitrogens with zero attached hydrogens (tertiary/aromatic N) is 3. The molecular weight excluding hydrogens is 256 g/mol. The van der Waals surface area contributed by atoms with Crippen molar-refractivity contribution in [2.24, 2.45) is 4.99 Å². The maximum Gasteiger partial charge on any atom is 0.255 e. The van der Waals surface area contributed by atoms with Crippen molar-refractivity contribution in [3.05, 3.63) is 47.6 Å². The lowest BCUT2D eigenvalue weighted by atomic mass is 10.0. The normalized spacial score (nSPS) is 15.2. The van der Waals surface area contributed by atoms with Gasteiger partial charge in [0.05, 0.1) is 5.70 Å². The molecule has 3 rings (SSSR count). The molecule has 0 saturated carbocycles. The number of allylic oxidation sites excluding steroid dienone is 1. The van der Waals surface area contributed by atoms with Crippen molar-refractivity contribution >= 4 is 17.6 Å². The van der Waals surface area contributed by atoms with Crippen LogP contribution in [0.15, 0.2) is 40.1 Å². The Morgan fingerprint density at radius 2 is 2.20 bits per heavy atom. The number of hydrogen-bond donors (Lipinski definition) is 2. The number of fused-ring (bicyclic) bond motifs is 1.